The van der Waals surface area contributed by atoms with E-state index in [0.29, 0.717) is 0 Å². The van der Waals surface area contributed by atoms with Crippen LogP contribution in [0.15, 0.2) is 12.7 Å². The monoisotopic (exact) mass is 339 g/mol. The minimum Gasteiger partial charge on any atom is -0.481 e. The van der Waals surface area contributed by atoms with E-state index in [2.05, 4.69) is 16.6 Å². The number of hydrogen-bond donors (Lipinski definition) is 3. The van der Waals surface area contributed by atoms with Crippen molar-refractivity contribution < 1.29 is 41.9 Å². The Hall–Kier alpha value is -1.98. The van der Waals surface area contributed by atoms with Crippen molar-refractivity contribution in [3.63, 3.8) is 0 Å². The zero-order chi connectivity index (χ0) is 17.2. The van der Waals surface area contributed by atoms with Crippen molar-refractivity contribution in [3.05, 3.63) is 12.7 Å². The summed E-state index contributed by atoms with van der Waals surface area (Å²) in [6, 6.07) is 0. The van der Waals surface area contributed by atoms with Crippen molar-refractivity contribution in [2.24, 2.45) is 0 Å². The second-order valence-electron chi connectivity index (χ2n) is 3.88. The summed E-state index contributed by atoms with van der Waals surface area (Å²) >= 11 is 0. The molecule has 0 spiro atoms. The molecule has 0 saturated heterocycles. The molecule has 1 unspecified atom stereocenters. The zero-order valence-electron chi connectivity index (χ0n) is 11.6. The smallest absolute Gasteiger partial charge is 0.327 e. The number of carboxylic acids is 1. The highest BCUT2D eigenvalue weighted by atomic mass is 32.2. The quantitative estimate of drug-likeness (QED) is 0.178. The summed E-state index contributed by atoms with van der Waals surface area (Å²) in [5.41, 5.74) is 0. The highest BCUT2D eigenvalue weighted by Gasteiger charge is 2.34. The van der Waals surface area contributed by atoms with Crippen molar-refractivity contribution in [3.8, 4) is 0 Å². The molecule has 0 fully saturated rings. The normalized spacial score (nSPS) is 12.2. The zero-order valence-corrected chi connectivity index (χ0v) is 12.4. The van der Waals surface area contributed by atoms with E-state index in [1.807, 2.05) is 0 Å². The average molecular weight is 339 g/mol. The Bertz CT molecular complexity index is 514. The van der Waals surface area contributed by atoms with Gasteiger partial charge < -0.3 is 19.9 Å². The largest absolute Gasteiger partial charge is 0.481 e. The number of carboxylic acid groups (broad SMARTS) is 1. The molecular weight excluding hydrogens is 322 g/mol. The van der Waals surface area contributed by atoms with Crippen molar-refractivity contribution in [2.45, 2.75) is 11.7 Å². The third-order valence-electron chi connectivity index (χ3n) is 2.19. The molecule has 0 heterocycles. The molecule has 11 heteroatoms. The fourth-order valence-electron chi connectivity index (χ4n) is 1.18. The predicted molar refractivity (Wildman–Crippen MR) is 72.6 cm³/mol. The molecule has 0 aromatic rings. The SMILES string of the molecule is C=CC(=O)NCCOCCOC(=O)C(CC(=O)O)S(=O)(=O)O. The van der Waals surface area contributed by atoms with Crippen LogP contribution in [0.2, 0.25) is 0 Å². The van der Waals surface area contributed by atoms with Gasteiger partial charge in [0.15, 0.2) is 5.25 Å². The Morgan fingerprint density at radius 2 is 1.86 bits per heavy atom. The first-order chi connectivity index (χ1) is 10.2. The number of esters is 1. The molecular formula is C11H17NO9S. The summed E-state index contributed by atoms with van der Waals surface area (Å²) in [7, 11) is -4.88. The van der Waals surface area contributed by atoms with E-state index in [1.165, 1.54) is 0 Å². The van der Waals surface area contributed by atoms with Crippen molar-refractivity contribution in [1.82, 2.24) is 5.32 Å². The van der Waals surface area contributed by atoms with Crippen LogP contribution in [0, 0.1) is 0 Å². The third-order valence-corrected chi connectivity index (χ3v) is 3.26. The summed E-state index contributed by atoms with van der Waals surface area (Å²) in [6.45, 7) is 3.13. The molecule has 0 saturated carbocycles. The van der Waals surface area contributed by atoms with Gasteiger partial charge in [-0.25, -0.2) is 0 Å². The van der Waals surface area contributed by atoms with E-state index in [1.54, 1.807) is 0 Å². The molecule has 0 aliphatic rings. The van der Waals surface area contributed by atoms with Gasteiger partial charge in [0.05, 0.1) is 19.6 Å². The summed E-state index contributed by atoms with van der Waals surface area (Å²) < 4.78 is 40.0. The lowest BCUT2D eigenvalue weighted by Crippen LogP contribution is -2.34. The molecule has 0 aliphatic heterocycles. The van der Waals surface area contributed by atoms with Gasteiger partial charge in [0.25, 0.3) is 10.1 Å². The highest BCUT2D eigenvalue weighted by Crippen LogP contribution is 2.07. The first-order valence-electron chi connectivity index (χ1n) is 6.01. The van der Waals surface area contributed by atoms with Crippen LogP contribution in [0.3, 0.4) is 0 Å². The molecule has 0 aromatic heterocycles. The molecule has 22 heavy (non-hydrogen) atoms. The predicted octanol–water partition coefficient (Wildman–Crippen LogP) is -1.42. The van der Waals surface area contributed by atoms with Crippen molar-refractivity contribution in [1.29, 1.82) is 0 Å². The van der Waals surface area contributed by atoms with Crippen LogP contribution in [0.4, 0.5) is 0 Å². The second kappa shape index (κ2) is 9.87. The molecule has 0 aromatic carbocycles. The number of ether oxygens (including phenoxy) is 2. The number of carbonyl (C=O) groups excluding carboxylic acids is 2. The topological polar surface area (TPSA) is 156 Å². The maximum atomic E-state index is 11.4. The fourth-order valence-corrected chi connectivity index (χ4v) is 1.85. The van der Waals surface area contributed by atoms with Gasteiger partial charge in [0.1, 0.15) is 6.61 Å². The van der Waals surface area contributed by atoms with Crippen LogP contribution < -0.4 is 5.32 Å². The minimum atomic E-state index is -4.88. The van der Waals surface area contributed by atoms with E-state index >= 15 is 0 Å². The number of rotatable bonds is 11. The lowest BCUT2D eigenvalue weighted by atomic mass is 10.3. The molecule has 1 atom stereocenters. The fraction of sp³-hybridized carbons (Fsp3) is 0.545. The maximum Gasteiger partial charge on any atom is 0.327 e. The van der Waals surface area contributed by atoms with E-state index in [9.17, 15) is 22.8 Å². The molecule has 3 N–H and O–H groups in total. The average Bonchev–Trinajstić information content (AvgIpc) is 2.41. The molecule has 0 rings (SSSR count). The lowest BCUT2D eigenvalue weighted by Gasteiger charge is -2.11. The Labute approximate surface area is 126 Å². The van der Waals surface area contributed by atoms with Gasteiger partial charge in [-0.3, -0.25) is 18.9 Å². The number of amides is 1. The Kier molecular flexibility index (Phi) is 8.98. The Morgan fingerprint density at radius 1 is 1.23 bits per heavy atom. The minimum absolute atomic E-state index is 0.0963. The number of aliphatic carboxylic acids is 1. The second-order valence-corrected chi connectivity index (χ2v) is 5.48. The summed E-state index contributed by atoms with van der Waals surface area (Å²) in [4.78, 5) is 32.6. The summed E-state index contributed by atoms with van der Waals surface area (Å²) in [6.07, 6.45) is -0.0220. The van der Waals surface area contributed by atoms with Crippen LogP contribution >= 0.6 is 0 Å². The first kappa shape index (κ1) is 20.0. The number of hydrogen-bond acceptors (Lipinski definition) is 7. The molecule has 10 nitrogen and oxygen atoms in total. The Morgan fingerprint density at radius 3 is 2.36 bits per heavy atom. The van der Waals surface area contributed by atoms with Crippen LogP contribution in [-0.2, 0) is 34.0 Å². The van der Waals surface area contributed by atoms with E-state index in [4.69, 9.17) is 14.4 Å². The van der Waals surface area contributed by atoms with Crippen molar-refractivity contribution in [2.75, 3.05) is 26.4 Å². The standard InChI is InChI=1S/C11H17NO9S/c1-2-9(13)12-3-4-20-5-6-21-11(16)8(7-10(14)15)22(17,18)19/h2,8H,1,3-7H2,(H,12,13)(H,14,15)(H,17,18,19). The van der Waals surface area contributed by atoms with Gasteiger partial charge >= 0.3 is 11.9 Å². The van der Waals surface area contributed by atoms with Crippen LogP contribution in [0.1, 0.15) is 6.42 Å². The van der Waals surface area contributed by atoms with Gasteiger partial charge in [-0.1, -0.05) is 6.58 Å². The van der Waals surface area contributed by atoms with Gasteiger partial charge in [-0.2, -0.15) is 8.42 Å². The van der Waals surface area contributed by atoms with Gasteiger partial charge in [-0.05, 0) is 6.08 Å². The molecule has 0 aliphatic carbocycles. The van der Waals surface area contributed by atoms with Gasteiger partial charge in [0, 0.05) is 6.54 Å². The Balaban J connectivity index is 4.03. The summed E-state index contributed by atoms with van der Waals surface area (Å²) in [5, 5.41) is 8.72. The third kappa shape index (κ3) is 9.05. The van der Waals surface area contributed by atoms with Crippen LogP contribution in [0.25, 0.3) is 0 Å². The van der Waals surface area contributed by atoms with Crippen molar-refractivity contribution >= 4 is 28.0 Å². The molecule has 0 bridgehead atoms. The first-order valence-corrected chi connectivity index (χ1v) is 7.51. The van der Waals surface area contributed by atoms with E-state index < -0.39 is 33.7 Å². The maximum absolute atomic E-state index is 11.4. The van der Waals surface area contributed by atoms with Crippen LogP contribution in [0.5, 0.6) is 0 Å². The molecule has 0 radical (unpaired) electrons. The van der Waals surface area contributed by atoms with E-state index in [-0.39, 0.29) is 32.3 Å². The number of carbonyl (C=O) groups is 3. The number of nitrogens with one attached hydrogen (secondary N) is 1. The summed E-state index contributed by atoms with van der Waals surface area (Å²) in [5.74, 6) is -3.33. The molecule has 126 valence electrons. The highest BCUT2D eigenvalue weighted by molar-refractivity contribution is 7.87. The van der Waals surface area contributed by atoms with Gasteiger partial charge in [0.2, 0.25) is 5.91 Å². The van der Waals surface area contributed by atoms with E-state index in [0.717, 1.165) is 6.08 Å². The van der Waals surface area contributed by atoms with Crippen LogP contribution in [-0.4, -0.2) is 67.5 Å². The lowest BCUT2D eigenvalue weighted by molar-refractivity contribution is -0.148. The molecule has 1 amide bonds. The van der Waals surface area contributed by atoms with Gasteiger partial charge in [-0.15, -0.1) is 0 Å².